The van der Waals surface area contributed by atoms with Crippen molar-refractivity contribution in [2.45, 2.75) is 24.7 Å². The van der Waals surface area contributed by atoms with E-state index in [9.17, 15) is 8.42 Å². The van der Waals surface area contributed by atoms with Crippen molar-refractivity contribution in [1.29, 1.82) is 0 Å². The molecule has 5 heteroatoms. The highest BCUT2D eigenvalue weighted by molar-refractivity contribution is 7.89. The van der Waals surface area contributed by atoms with Gasteiger partial charge in [0.1, 0.15) is 0 Å². The number of anilines is 1. The van der Waals surface area contributed by atoms with E-state index in [-0.39, 0.29) is 4.90 Å². The minimum Gasteiger partial charge on any atom is -0.398 e. The summed E-state index contributed by atoms with van der Waals surface area (Å²) < 4.78 is 25.9. The Morgan fingerprint density at radius 2 is 2.06 bits per heavy atom. The molecule has 17 heavy (non-hydrogen) atoms. The fourth-order valence-electron chi connectivity index (χ4n) is 1.72. The fourth-order valence-corrected chi connectivity index (χ4v) is 3.00. The third-order valence-electron chi connectivity index (χ3n) is 3.17. The minimum absolute atomic E-state index is 0.281. The average Bonchev–Trinajstić information content (AvgIpc) is 3.05. The van der Waals surface area contributed by atoms with Crippen LogP contribution in [0.15, 0.2) is 23.1 Å². The highest BCUT2D eigenvalue weighted by Crippen LogP contribution is 2.31. The van der Waals surface area contributed by atoms with E-state index in [1.54, 1.807) is 19.2 Å². The Balaban J connectivity index is 2.26. The van der Waals surface area contributed by atoms with Crippen LogP contribution in [0.3, 0.4) is 0 Å². The molecule has 2 N–H and O–H groups in total. The molecule has 2 rings (SSSR count). The monoisotopic (exact) mass is 254 g/mol. The Morgan fingerprint density at radius 3 is 2.59 bits per heavy atom. The summed E-state index contributed by atoms with van der Waals surface area (Å²) in [6.07, 6.45) is 2.27. The number of nitrogens with zero attached hydrogens (tertiary/aromatic N) is 1. The van der Waals surface area contributed by atoms with Crippen molar-refractivity contribution in [1.82, 2.24) is 4.31 Å². The number of nitrogens with two attached hydrogens (primary N) is 1. The Labute approximate surface area is 102 Å². The van der Waals surface area contributed by atoms with Gasteiger partial charge in [0.2, 0.25) is 10.0 Å². The molecule has 1 aromatic rings. The first-order valence-electron chi connectivity index (χ1n) is 5.73. The molecule has 0 bridgehead atoms. The molecular formula is C12H18N2O2S. The van der Waals surface area contributed by atoms with E-state index in [4.69, 9.17) is 5.73 Å². The largest absolute Gasteiger partial charge is 0.398 e. The van der Waals surface area contributed by atoms with E-state index in [0.717, 1.165) is 18.4 Å². The third-order valence-corrected chi connectivity index (χ3v) is 4.99. The van der Waals surface area contributed by atoms with Crippen LogP contribution >= 0.6 is 0 Å². The van der Waals surface area contributed by atoms with Crippen LogP contribution in [-0.4, -0.2) is 26.3 Å². The molecule has 1 saturated carbocycles. The summed E-state index contributed by atoms with van der Waals surface area (Å²) in [4.78, 5) is 0.281. The van der Waals surface area contributed by atoms with Crippen LogP contribution in [0, 0.1) is 12.8 Å². The quantitative estimate of drug-likeness (QED) is 0.830. The first-order chi connectivity index (χ1) is 7.91. The van der Waals surface area contributed by atoms with Gasteiger partial charge in [-0.05, 0) is 43.4 Å². The van der Waals surface area contributed by atoms with Gasteiger partial charge in [-0.1, -0.05) is 6.07 Å². The first-order valence-corrected chi connectivity index (χ1v) is 7.17. The van der Waals surface area contributed by atoms with Gasteiger partial charge in [-0.3, -0.25) is 0 Å². The van der Waals surface area contributed by atoms with Gasteiger partial charge in [0.05, 0.1) is 4.90 Å². The topological polar surface area (TPSA) is 63.4 Å². The van der Waals surface area contributed by atoms with Gasteiger partial charge < -0.3 is 5.73 Å². The van der Waals surface area contributed by atoms with Gasteiger partial charge in [0.15, 0.2) is 0 Å². The van der Waals surface area contributed by atoms with Gasteiger partial charge >= 0.3 is 0 Å². The van der Waals surface area contributed by atoms with Gasteiger partial charge in [0, 0.05) is 19.3 Å². The maximum atomic E-state index is 12.2. The second kappa shape index (κ2) is 4.31. The van der Waals surface area contributed by atoms with Gasteiger partial charge in [-0.2, -0.15) is 0 Å². The molecule has 0 unspecified atom stereocenters. The second-order valence-electron chi connectivity index (χ2n) is 4.75. The predicted octanol–water partition coefficient (Wildman–Crippen LogP) is 1.61. The van der Waals surface area contributed by atoms with Crippen molar-refractivity contribution in [3.8, 4) is 0 Å². The van der Waals surface area contributed by atoms with E-state index in [0.29, 0.717) is 18.2 Å². The molecule has 0 saturated heterocycles. The standard InChI is InChI=1S/C12H18N2O2S/c1-9-3-6-11(7-12(9)13)17(15,16)14(2)8-10-4-5-10/h3,6-7,10H,4-5,8,13H2,1-2H3. The van der Waals surface area contributed by atoms with Crippen LogP contribution in [0.25, 0.3) is 0 Å². The molecule has 1 fully saturated rings. The second-order valence-corrected chi connectivity index (χ2v) is 6.79. The lowest BCUT2D eigenvalue weighted by Crippen LogP contribution is -2.29. The molecule has 94 valence electrons. The molecule has 1 aliphatic rings. The summed E-state index contributed by atoms with van der Waals surface area (Å²) in [5.74, 6) is 0.539. The zero-order valence-electron chi connectivity index (χ0n) is 10.2. The van der Waals surface area contributed by atoms with Crippen LogP contribution < -0.4 is 5.73 Å². The Morgan fingerprint density at radius 1 is 1.41 bits per heavy atom. The SMILES string of the molecule is Cc1ccc(S(=O)(=O)N(C)CC2CC2)cc1N. The van der Waals surface area contributed by atoms with E-state index >= 15 is 0 Å². The first kappa shape index (κ1) is 12.4. The summed E-state index contributed by atoms with van der Waals surface area (Å²) in [5, 5.41) is 0. The average molecular weight is 254 g/mol. The number of aryl methyl sites for hydroxylation is 1. The van der Waals surface area contributed by atoms with Crippen LogP contribution in [-0.2, 0) is 10.0 Å². The van der Waals surface area contributed by atoms with E-state index < -0.39 is 10.0 Å². The third kappa shape index (κ3) is 2.61. The molecule has 1 aromatic carbocycles. The molecule has 0 radical (unpaired) electrons. The van der Waals surface area contributed by atoms with Crippen molar-refractivity contribution in [3.05, 3.63) is 23.8 Å². The van der Waals surface area contributed by atoms with Gasteiger partial charge in [-0.25, -0.2) is 12.7 Å². The molecule has 0 heterocycles. The van der Waals surface area contributed by atoms with Crippen molar-refractivity contribution in [2.24, 2.45) is 5.92 Å². The van der Waals surface area contributed by atoms with Crippen molar-refractivity contribution < 1.29 is 8.42 Å². The van der Waals surface area contributed by atoms with Crippen molar-refractivity contribution >= 4 is 15.7 Å². The molecule has 0 amide bonds. The number of sulfonamides is 1. The summed E-state index contributed by atoms with van der Waals surface area (Å²) in [6.45, 7) is 2.47. The summed E-state index contributed by atoms with van der Waals surface area (Å²) in [5.41, 5.74) is 7.16. The molecule has 1 aliphatic carbocycles. The van der Waals surface area contributed by atoms with Crippen LogP contribution in [0.5, 0.6) is 0 Å². The van der Waals surface area contributed by atoms with Crippen molar-refractivity contribution in [2.75, 3.05) is 19.3 Å². The Bertz CT molecular complexity index is 521. The predicted molar refractivity (Wildman–Crippen MR) is 68.1 cm³/mol. The van der Waals surface area contributed by atoms with Crippen LogP contribution in [0.2, 0.25) is 0 Å². The maximum Gasteiger partial charge on any atom is 0.242 e. The molecular weight excluding hydrogens is 236 g/mol. The van der Waals surface area contributed by atoms with Crippen molar-refractivity contribution in [3.63, 3.8) is 0 Å². The summed E-state index contributed by atoms with van der Waals surface area (Å²) in [6, 6.07) is 4.89. The smallest absolute Gasteiger partial charge is 0.242 e. The molecule has 4 nitrogen and oxygen atoms in total. The fraction of sp³-hybridized carbons (Fsp3) is 0.500. The Hall–Kier alpha value is -1.07. The normalized spacial score (nSPS) is 16.4. The number of rotatable bonds is 4. The van der Waals surface area contributed by atoms with Crippen LogP contribution in [0.1, 0.15) is 18.4 Å². The van der Waals surface area contributed by atoms with Gasteiger partial charge in [-0.15, -0.1) is 0 Å². The summed E-state index contributed by atoms with van der Waals surface area (Å²) in [7, 11) is -1.75. The van der Waals surface area contributed by atoms with Gasteiger partial charge in [0.25, 0.3) is 0 Å². The lowest BCUT2D eigenvalue weighted by atomic mass is 10.2. The Kier molecular flexibility index (Phi) is 3.14. The highest BCUT2D eigenvalue weighted by Gasteiger charge is 2.29. The summed E-state index contributed by atoms with van der Waals surface area (Å²) >= 11 is 0. The number of hydrogen-bond acceptors (Lipinski definition) is 3. The lowest BCUT2D eigenvalue weighted by molar-refractivity contribution is 0.453. The molecule has 0 spiro atoms. The molecule has 0 atom stereocenters. The number of hydrogen-bond donors (Lipinski definition) is 1. The minimum atomic E-state index is -3.38. The molecule has 0 aromatic heterocycles. The highest BCUT2D eigenvalue weighted by atomic mass is 32.2. The number of benzene rings is 1. The molecule has 0 aliphatic heterocycles. The van der Waals surface area contributed by atoms with E-state index in [1.807, 2.05) is 6.92 Å². The van der Waals surface area contributed by atoms with Crippen LogP contribution in [0.4, 0.5) is 5.69 Å². The van der Waals surface area contributed by atoms with E-state index in [2.05, 4.69) is 0 Å². The lowest BCUT2D eigenvalue weighted by Gasteiger charge is -2.17. The zero-order valence-corrected chi connectivity index (χ0v) is 11.0. The number of nitrogen functional groups attached to an aromatic ring is 1. The zero-order chi connectivity index (χ0) is 12.6. The maximum absolute atomic E-state index is 12.2. The van der Waals surface area contributed by atoms with E-state index in [1.165, 1.54) is 10.4 Å².